The van der Waals surface area contributed by atoms with Gasteiger partial charge in [0.1, 0.15) is 0 Å². The molecule has 2 aromatic heterocycles. The van der Waals surface area contributed by atoms with Gasteiger partial charge in [0, 0.05) is 28.8 Å². The monoisotopic (exact) mass is 465 g/mol. The third kappa shape index (κ3) is 4.15. The van der Waals surface area contributed by atoms with Gasteiger partial charge in [-0.2, -0.15) is 0 Å². The molecule has 0 bridgehead atoms. The minimum Gasteiger partial charge on any atom is -0.493 e. The molecule has 2 heterocycles. The molecule has 168 valence electrons. The van der Waals surface area contributed by atoms with Crippen LogP contribution in [0.2, 0.25) is 0 Å². The summed E-state index contributed by atoms with van der Waals surface area (Å²) in [6.45, 7) is 0. The topological polar surface area (TPSA) is 105 Å². The molecule has 9 nitrogen and oxygen atoms in total. The molecule has 0 saturated carbocycles. The largest absolute Gasteiger partial charge is 0.493 e. The molecule has 10 heteroatoms. The number of nitrogens with zero attached hydrogens (tertiary/aromatic N) is 3. The standard InChI is InChI=1S/C23H19N3O6S/c1-30-19-8-5-15(12-17(19)26(28)29)22-16(25-10-11-33-23(25)24-22)6-7-18(27)14-4-9-20(31-2)21(13-14)32-3/h4-13H,1-3H3. The molecule has 33 heavy (non-hydrogen) atoms. The molecule has 4 aromatic rings. The number of carbonyl (C=O) groups excluding carboxylic acids is 1. The van der Waals surface area contributed by atoms with Gasteiger partial charge in [-0.15, -0.1) is 11.3 Å². The van der Waals surface area contributed by atoms with Crippen LogP contribution in [0.1, 0.15) is 16.1 Å². The number of benzene rings is 2. The van der Waals surface area contributed by atoms with Crippen molar-refractivity contribution < 1.29 is 23.9 Å². The van der Waals surface area contributed by atoms with E-state index in [1.807, 2.05) is 16.0 Å². The Labute approximate surface area is 192 Å². The van der Waals surface area contributed by atoms with Gasteiger partial charge in [-0.3, -0.25) is 19.3 Å². The number of hydrogen-bond donors (Lipinski definition) is 0. The number of fused-ring (bicyclic) bond motifs is 1. The highest BCUT2D eigenvalue weighted by atomic mass is 32.1. The number of allylic oxidation sites excluding steroid dienone is 1. The average molecular weight is 465 g/mol. The smallest absolute Gasteiger partial charge is 0.311 e. The fourth-order valence-electron chi connectivity index (χ4n) is 3.40. The van der Waals surface area contributed by atoms with E-state index in [2.05, 4.69) is 4.98 Å². The summed E-state index contributed by atoms with van der Waals surface area (Å²) in [7, 11) is 4.40. The first-order valence-electron chi connectivity index (χ1n) is 9.69. The van der Waals surface area contributed by atoms with Crippen LogP contribution in [0.15, 0.2) is 54.1 Å². The van der Waals surface area contributed by atoms with Gasteiger partial charge in [-0.05, 0) is 42.5 Å². The van der Waals surface area contributed by atoms with Crippen LogP contribution in [0.5, 0.6) is 17.2 Å². The second-order valence-electron chi connectivity index (χ2n) is 6.81. The Morgan fingerprint density at radius 2 is 1.79 bits per heavy atom. The molecule has 0 fully saturated rings. The zero-order valence-corrected chi connectivity index (χ0v) is 18.8. The molecule has 0 amide bonds. The van der Waals surface area contributed by atoms with Crippen molar-refractivity contribution in [2.75, 3.05) is 21.3 Å². The van der Waals surface area contributed by atoms with Crippen LogP contribution in [0.25, 0.3) is 22.3 Å². The van der Waals surface area contributed by atoms with Crippen molar-refractivity contribution in [2.24, 2.45) is 0 Å². The van der Waals surface area contributed by atoms with Gasteiger partial charge in [-0.25, -0.2) is 4.98 Å². The van der Waals surface area contributed by atoms with E-state index in [-0.39, 0.29) is 17.2 Å². The van der Waals surface area contributed by atoms with Crippen molar-refractivity contribution in [1.82, 2.24) is 9.38 Å². The lowest BCUT2D eigenvalue weighted by atomic mass is 10.1. The minimum absolute atomic E-state index is 0.158. The number of aromatic nitrogens is 2. The van der Waals surface area contributed by atoms with Crippen LogP contribution in [-0.2, 0) is 0 Å². The van der Waals surface area contributed by atoms with E-state index in [0.717, 1.165) is 0 Å². The lowest BCUT2D eigenvalue weighted by molar-refractivity contribution is -0.385. The molecular weight excluding hydrogens is 446 g/mol. The van der Waals surface area contributed by atoms with Crippen LogP contribution < -0.4 is 14.2 Å². The van der Waals surface area contributed by atoms with E-state index in [4.69, 9.17) is 14.2 Å². The summed E-state index contributed by atoms with van der Waals surface area (Å²) in [6, 6.07) is 9.57. The molecule has 2 aromatic carbocycles. The van der Waals surface area contributed by atoms with Crippen LogP contribution in [-0.4, -0.2) is 41.4 Å². The van der Waals surface area contributed by atoms with Crippen LogP contribution in [0, 0.1) is 10.1 Å². The molecular formula is C23H19N3O6S. The van der Waals surface area contributed by atoms with Crippen molar-refractivity contribution in [2.45, 2.75) is 0 Å². The second-order valence-corrected chi connectivity index (χ2v) is 7.69. The van der Waals surface area contributed by atoms with Gasteiger partial charge in [0.05, 0.1) is 37.6 Å². The lowest BCUT2D eigenvalue weighted by Gasteiger charge is -2.08. The maximum atomic E-state index is 12.8. The number of thiazole rings is 1. The predicted molar refractivity (Wildman–Crippen MR) is 125 cm³/mol. The molecule has 0 saturated heterocycles. The SMILES string of the molecule is COc1ccc(C(=O)C=Cc2c(-c3ccc(OC)c([N+](=O)[O-])c3)nc3sccn23)cc1OC. The Kier molecular flexibility index (Phi) is 6.09. The maximum absolute atomic E-state index is 12.8. The van der Waals surface area contributed by atoms with Crippen LogP contribution in [0.4, 0.5) is 5.69 Å². The molecule has 0 spiro atoms. The number of nitro groups is 1. The fraction of sp³-hybridized carbons (Fsp3) is 0.130. The quantitative estimate of drug-likeness (QED) is 0.158. The Bertz CT molecular complexity index is 1390. The number of ketones is 1. The van der Waals surface area contributed by atoms with Crippen molar-refractivity contribution in [3.63, 3.8) is 0 Å². The predicted octanol–water partition coefficient (Wildman–Crippen LogP) is 4.89. The van der Waals surface area contributed by atoms with Crippen molar-refractivity contribution >= 4 is 33.8 Å². The van der Waals surface area contributed by atoms with E-state index in [0.29, 0.717) is 39.0 Å². The summed E-state index contributed by atoms with van der Waals surface area (Å²) in [4.78, 5) is 29.1. The summed E-state index contributed by atoms with van der Waals surface area (Å²) in [5.41, 5.74) is 1.94. The zero-order valence-electron chi connectivity index (χ0n) is 18.0. The van der Waals surface area contributed by atoms with Gasteiger partial charge in [0.2, 0.25) is 0 Å². The highest BCUT2D eigenvalue weighted by molar-refractivity contribution is 7.15. The first kappa shape index (κ1) is 22.0. The van der Waals surface area contributed by atoms with Gasteiger partial charge in [-0.1, -0.05) is 0 Å². The second kappa shape index (κ2) is 9.13. The lowest BCUT2D eigenvalue weighted by Crippen LogP contribution is -1.98. The summed E-state index contributed by atoms with van der Waals surface area (Å²) in [5, 5.41) is 13.3. The van der Waals surface area contributed by atoms with Gasteiger partial charge < -0.3 is 14.2 Å². The highest BCUT2D eigenvalue weighted by Gasteiger charge is 2.20. The molecule has 0 aliphatic rings. The molecule has 0 unspecified atom stereocenters. The third-order valence-corrected chi connectivity index (χ3v) is 5.77. The summed E-state index contributed by atoms with van der Waals surface area (Å²) in [5.74, 6) is 0.892. The normalized spacial score (nSPS) is 11.1. The van der Waals surface area contributed by atoms with Crippen molar-refractivity contribution in [1.29, 1.82) is 0 Å². The first-order valence-corrected chi connectivity index (χ1v) is 10.6. The number of nitro benzene ring substituents is 1. The zero-order chi connectivity index (χ0) is 23.5. The minimum atomic E-state index is -0.503. The fourth-order valence-corrected chi connectivity index (χ4v) is 4.12. The average Bonchev–Trinajstić information content (AvgIpc) is 3.43. The van der Waals surface area contributed by atoms with E-state index in [1.54, 1.807) is 30.3 Å². The molecule has 0 atom stereocenters. The van der Waals surface area contributed by atoms with E-state index in [9.17, 15) is 14.9 Å². The van der Waals surface area contributed by atoms with Gasteiger partial charge in [0.15, 0.2) is 28.0 Å². The maximum Gasteiger partial charge on any atom is 0.311 e. The number of carbonyl (C=O) groups is 1. The number of hydrogen-bond acceptors (Lipinski definition) is 8. The third-order valence-electron chi connectivity index (χ3n) is 5.01. The Morgan fingerprint density at radius 3 is 2.48 bits per heavy atom. The molecule has 0 aliphatic heterocycles. The van der Waals surface area contributed by atoms with E-state index >= 15 is 0 Å². The van der Waals surface area contributed by atoms with E-state index in [1.165, 1.54) is 50.9 Å². The molecule has 0 N–H and O–H groups in total. The Hall–Kier alpha value is -4.18. The van der Waals surface area contributed by atoms with Gasteiger partial charge >= 0.3 is 5.69 Å². The summed E-state index contributed by atoms with van der Waals surface area (Å²) in [6.07, 6.45) is 4.91. The Balaban J connectivity index is 1.75. The number of rotatable bonds is 8. The van der Waals surface area contributed by atoms with Crippen molar-refractivity contribution in [3.05, 3.63) is 75.4 Å². The Morgan fingerprint density at radius 1 is 1.06 bits per heavy atom. The number of ether oxygens (including phenoxy) is 3. The van der Waals surface area contributed by atoms with Crippen LogP contribution in [0.3, 0.4) is 0 Å². The van der Waals surface area contributed by atoms with Gasteiger partial charge in [0.25, 0.3) is 0 Å². The summed E-state index contributed by atoms with van der Waals surface area (Å²) < 4.78 is 17.4. The summed E-state index contributed by atoms with van der Waals surface area (Å²) >= 11 is 1.42. The molecule has 0 aliphatic carbocycles. The first-order chi connectivity index (χ1) is 16.0. The highest BCUT2D eigenvalue weighted by Crippen LogP contribution is 2.35. The van der Waals surface area contributed by atoms with Crippen LogP contribution >= 0.6 is 11.3 Å². The molecule has 0 radical (unpaired) electrons. The van der Waals surface area contributed by atoms with E-state index < -0.39 is 4.92 Å². The molecule has 4 rings (SSSR count). The number of imidazole rings is 1. The number of methoxy groups -OCH3 is 3. The van der Waals surface area contributed by atoms with Crippen molar-refractivity contribution in [3.8, 4) is 28.5 Å².